The number of amides is 11. The fourth-order valence-corrected chi connectivity index (χ4v) is 12.8. The lowest BCUT2D eigenvalue weighted by Gasteiger charge is -2.35. The minimum Gasteiger partial charge on any atom is -0.480 e. The molecule has 0 spiro atoms. The number of nitrogens with zero attached hydrogens (tertiary/aromatic N) is 1. The van der Waals surface area contributed by atoms with Crippen molar-refractivity contribution in [3.8, 4) is 0 Å². The molecule has 0 aliphatic carbocycles. The van der Waals surface area contributed by atoms with E-state index in [0.717, 1.165) is 6.42 Å². The molecule has 2 fully saturated rings. The molecule has 0 unspecified atom stereocenters. The van der Waals surface area contributed by atoms with E-state index in [9.17, 15) is 48.3 Å². The molecule has 2 heterocycles. The van der Waals surface area contributed by atoms with Gasteiger partial charge in [-0.1, -0.05) is 177 Å². The van der Waals surface area contributed by atoms with Crippen LogP contribution in [0.3, 0.4) is 0 Å². The van der Waals surface area contributed by atoms with Crippen LogP contribution in [-0.4, -0.2) is 169 Å². The maximum atomic E-state index is 15.8. The van der Waals surface area contributed by atoms with Crippen molar-refractivity contribution in [1.82, 2.24) is 63.4 Å². The van der Waals surface area contributed by atoms with Gasteiger partial charge in [-0.25, -0.2) is 4.79 Å². The number of carbonyl (C=O) groups is 12. The Labute approximate surface area is 580 Å². The van der Waals surface area contributed by atoms with Crippen molar-refractivity contribution >= 4 is 72.0 Å². The number of hydrogen-bond donors (Lipinski definition) is 12. The Balaban J connectivity index is 1.26. The van der Waals surface area contributed by atoms with Gasteiger partial charge in [0.05, 0.1) is 6.04 Å². The molecule has 25 heteroatoms. The third-order valence-electron chi connectivity index (χ3n) is 17.9. The molecule has 2 aliphatic rings. The molecule has 6 rings (SSSR count). The molecule has 0 saturated carbocycles. The van der Waals surface area contributed by atoms with E-state index in [2.05, 4.69) is 58.5 Å². The van der Waals surface area contributed by atoms with Crippen LogP contribution in [0, 0.1) is 23.7 Å². The fourth-order valence-electron chi connectivity index (χ4n) is 12.8. The van der Waals surface area contributed by atoms with E-state index >= 15 is 14.4 Å². The van der Waals surface area contributed by atoms with Gasteiger partial charge in [0, 0.05) is 31.5 Å². The van der Waals surface area contributed by atoms with Gasteiger partial charge >= 0.3 is 5.97 Å². The molecule has 2 aliphatic heterocycles. The summed E-state index contributed by atoms with van der Waals surface area (Å²) in [5.41, 5.74) is 2.51. The molecule has 11 amide bonds. The fraction of sp³-hybridized carbons (Fsp3) is 0.514. The van der Waals surface area contributed by atoms with Gasteiger partial charge in [0.1, 0.15) is 54.4 Å². The standard InChI is InChI=1S/C74H102N12O13/c1-45(2)41-56(80-65(89)53-33-23-39-77-53)68(92)78-54(34-21-37-75-43-87)66(90)82-61(47(5)6)71(95)84-63(59(49-25-13-9-14-26-49)50-27-15-10-16-28-50)73(97)86-40-24-36-58(86)70(94)81-57(42-46(3)4)69(93)79-55(35-22-38-76-44-88)67(91)83-62(48(7)8)72(96)85-64(74(98)99)60(51-29-17-11-18-30-51)52-31-19-12-20-32-52/h9-20,25-32,43-48,53-64,77H,21-24,33-42H2,1-8H3,(H,75,87)(H,76,88)(H,78,92)(H,79,93)(H,80,89)(H,81,94)(H,82,90)(H,83,91)(H,84,95)(H,85,96)(H,98,99)/t53-,54+,55+,56+,57+,58-,61+,62+,63+,64+/m1/s1. The second-order valence-corrected chi connectivity index (χ2v) is 27.1. The topological polar surface area (TPSA) is 361 Å². The highest BCUT2D eigenvalue weighted by Crippen LogP contribution is 2.33. The number of likely N-dealkylation sites (tertiary alicyclic amines) is 1. The average molecular weight is 1370 g/mol. The predicted molar refractivity (Wildman–Crippen MR) is 373 cm³/mol. The Morgan fingerprint density at radius 3 is 1.19 bits per heavy atom. The second kappa shape index (κ2) is 39.8. The zero-order valence-corrected chi connectivity index (χ0v) is 58.1. The van der Waals surface area contributed by atoms with E-state index in [1.165, 1.54) is 4.90 Å². The van der Waals surface area contributed by atoms with Crippen LogP contribution in [0.25, 0.3) is 0 Å². The Hall–Kier alpha value is -9.52. The number of aliphatic carboxylic acids is 1. The van der Waals surface area contributed by atoms with Crippen LogP contribution in [0.1, 0.15) is 154 Å². The zero-order chi connectivity index (χ0) is 72.1. The lowest BCUT2D eigenvalue weighted by molar-refractivity contribution is -0.143. The monoisotopic (exact) mass is 1370 g/mol. The van der Waals surface area contributed by atoms with Crippen molar-refractivity contribution in [3.05, 3.63) is 144 Å². The van der Waals surface area contributed by atoms with Gasteiger partial charge in [0.15, 0.2) is 0 Å². The maximum absolute atomic E-state index is 15.8. The molecule has 4 aromatic rings. The van der Waals surface area contributed by atoms with E-state index in [1.807, 2.05) is 52.0 Å². The third-order valence-corrected chi connectivity index (χ3v) is 17.9. The van der Waals surface area contributed by atoms with Crippen molar-refractivity contribution in [2.24, 2.45) is 23.7 Å². The van der Waals surface area contributed by atoms with Crippen LogP contribution in [-0.2, 0) is 57.5 Å². The lowest BCUT2D eigenvalue weighted by Crippen LogP contribution is -2.62. The zero-order valence-electron chi connectivity index (χ0n) is 58.1. The largest absolute Gasteiger partial charge is 0.480 e. The second-order valence-electron chi connectivity index (χ2n) is 27.1. The molecule has 10 atom stereocenters. The van der Waals surface area contributed by atoms with Crippen LogP contribution in [0.4, 0.5) is 0 Å². The first kappa shape index (κ1) is 78.5. The molecule has 2 saturated heterocycles. The van der Waals surface area contributed by atoms with Crippen LogP contribution < -0.4 is 58.5 Å². The van der Waals surface area contributed by atoms with Crippen molar-refractivity contribution in [2.45, 2.75) is 192 Å². The summed E-state index contributed by atoms with van der Waals surface area (Å²) >= 11 is 0. The summed E-state index contributed by atoms with van der Waals surface area (Å²) in [4.78, 5) is 169. The normalized spacial score (nSPS) is 16.8. The molecule has 4 aromatic carbocycles. The van der Waals surface area contributed by atoms with Crippen molar-refractivity contribution in [1.29, 1.82) is 0 Å². The Bertz CT molecular complexity index is 3220. The van der Waals surface area contributed by atoms with E-state index < -0.39 is 137 Å². The quantitative estimate of drug-likeness (QED) is 0.0223. The molecular weight excluding hydrogens is 1260 g/mol. The molecule has 536 valence electrons. The molecule has 0 aromatic heterocycles. The van der Waals surface area contributed by atoms with E-state index in [1.54, 1.807) is 125 Å². The summed E-state index contributed by atoms with van der Waals surface area (Å²) in [6.45, 7) is 15.2. The molecule has 99 heavy (non-hydrogen) atoms. The number of carbonyl (C=O) groups excluding carboxylic acids is 11. The highest BCUT2D eigenvalue weighted by atomic mass is 16.4. The first-order valence-corrected chi connectivity index (χ1v) is 34.7. The SMILES string of the molecule is CC(C)C[C@H](NC(=O)[C@H]1CCCN1C(=O)[C@@H](NC(=O)[C@@H](NC(=O)[C@H](CCCNC=O)NC(=O)[C@H](CC(C)C)NC(=O)[C@H]1CCCN1)C(C)C)C(c1ccccc1)c1ccccc1)C(=O)N[C@@H](CCCNC=O)C(=O)N[C@H](C(=O)N[C@H](C(=O)O)C(c1ccccc1)c1ccccc1)C(C)C. The van der Waals surface area contributed by atoms with Crippen LogP contribution >= 0.6 is 0 Å². The molecular formula is C74H102N12O13. The van der Waals surface area contributed by atoms with E-state index in [0.29, 0.717) is 54.5 Å². The Morgan fingerprint density at radius 2 is 0.828 bits per heavy atom. The Kier molecular flexibility index (Phi) is 31.5. The number of carboxylic acid groups (broad SMARTS) is 1. The molecule has 25 nitrogen and oxygen atoms in total. The van der Waals surface area contributed by atoms with Gasteiger partial charge in [-0.2, -0.15) is 0 Å². The van der Waals surface area contributed by atoms with Gasteiger partial charge in [0.25, 0.3) is 0 Å². The van der Waals surface area contributed by atoms with Crippen molar-refractivity contribution in [3.63, 3.8) is 0 Å². The number of nitrogens with one attached hydrogen (secondary N) is 11. The number of rotatable bonds is 40. The van der Waals surface area contributed by atoms with Gasteiger partial charge in [-0.15, -0.1) is 0 Å². The van der Waals surface area contributed by atoms with Crippen LogP contribution in [0.2, 0.25) is 0 Å². The van der Waals surface area contributed by atoms with Gasteiger partial charge in [-0.05, 0) is 117 Å². The maximum Gasteiger partial charge on any atom is 0.327 e. The Morgan fingerprint density at radius 1 is 0.455 bits per heavy atom. The highest BCUT2D eigenvalue weighted by molar-refractivity contribution is 5.99. The summed E-state index contributed by atoms with van der Waals surface area (Å²) in [5, 5.41) is 41.7. The number of benzene rings is 4. The summed E-state index contributed by atoms with van der Waals surface area (Å²) in [7, 11) is 0. The minimum atomic E-state index is -1.49. The summed E-state index contributed by atoms with van der Waals surface area (Å²) in [6.07, 6.45) is 3.64. The van der Waals surface area contributed by atoms with Crippen molar-refractivity contribution < 1.29 is 62.6 Å². The summed E-state index contributed by atoms with van der Waals surface area (Å²) in [5.74, 6) is -10.6. The van der Waals surface area contributed by atoms with E-state index in [4.69, 9.17) is 0 Å². The van der Waals surface area contributed by atoms with Gasteiger partial charge in [-0.3, -0.25) is 52.7 Å². The third kappa shape index (κ3) is 23.6. The summed E-state index contributed by atoms with van der Waals surface area (Å²) < 4.78 is 0. The minimum absolute atomic E-state index is 0.0280. The first-order chi connectivity index (χ1) is 47.4. The summed E-state index contributed by atoms with van der Waals surface area (Å²) in [6, 6.07) is 23.7. The molecule has 0 bridgehead atoms. The average Bonchev–Trinajstić information content (AvgIpc) is 1.76. The van der Waals surface area contributed by atoms with Crippen LogP contribution in [0.5, 0.6) is 0 Å². The first-order valence-electron chi connectivity index (χ1n) is 34.7. The molecule has 0 radical (unpaired) electrons. The molecule has 12 N–H and O–H groups in total. The number of carboxylic acids is 1. The predicted octanol–water partition coefficient (Wildman–Crippen LogP) is 3.81. The highest BCUT2D eigenvalue weighted by Gasteiger charge is 2.45. The van der Waals surface area contributed by atoms with Crippen LogP contribution in [0.15, 0.2) is 121 Å². The van der Waals surface area contributed by atoms with E-state index in [-0.39, 0.29) is 82.3 Å². The number of hydrogen-bond acceptors (Lipinski definition) is 13. The van der Waals surface area contributed by atoms with Gasteiger partial charge in [0.2, 0.25) is 66.0 Å². The van der Waals surface area contributed by atoms with Crippen molar-refractivity contribution in [2.75, 3.05) is 26.2 Å². The smallest absolute Gasteiger partial charge is 0.327 e. The lowest BCUT2D eigenvalue weighted by atomic mass is 9.83. The van der Waals surface area contributed by atoms with Gasteiger partial charge < -0.3 is 68.5 Å².